The summed E-state index contributed by atoms with van der Waals surface area (Å²) in [5.74, 6) is 1.55. The van der Waals surface area contributed by atoms with Crippen molar-refractivity contribution in [2.45, 2.75) is 143 Å². The molecule has 1 rings (SSSR count). The van der Waals surface area contributed by atoms with E-state index in [0.717, 1.165) is 6.54 Å². The summed E-state index contributed by atoms with van der Waals surface area (Å²) in [6.07, 6.45) is 28.5. The lowest BCUT2D eigenvalue weighted by molar-refractivity contribution is -0.704. The number of nitrogens with zero attached hydrogens (tertiary/aromatic N) is 2. The maximum absolute atomic E-state index is 2.53. The highest BCUT2D eigenvalue weighted by atomic mass is 15.1. The molecule has 27 heavy (non-hydrogen) atoms. The average Bonchev–Trinajstić information content (AvgIpc) is 3.07. The van der Waals surface area contributed by atoms with Crippen LogP contribution in [0.5, 0.6) is 0 Å². The van der Waals surface area contributed by atoms with Gasteiger partial charge in [0, 0.05) is 6.42 Å². The fourth-order valence-electron chi connectivity index (χ4n) is 4.11. The number of aromatic nitrogens is 2. The fourth-order valence-corrected chi connectivity index (χ4v) is 4.11. The van der Waals surface area contributed by atoms with E-state index in [0.29, 0.717) is 0 Å². The molecule has 0 N–H and O–H groups in total. The molecule has 2 nitrogen and oxygen atoms in total. The first-order valence-corrected chi connectivity index (χ1v) is 12.4. The molecule has 158 valence electrons. The quantitative estimate of drug-likeness (QED) is 0.173. The highest BCUT2D eigenvalue weighted by Crippen LogP contribution is 2.12. The Labute approximate surface area is 170 Å². The van der Waals surface area contributed by atoms with Crippen molar-refractivity contribution in [1.82, 2.24) is 4.57 Å². The van der Waals surface area contributed by atoms with Crippen LogP contribution in [-0.4, -0.2) is 4.57 Å². The smallest absolute Gasteiger partial charge is 0.235 e. The molecule has 1 aromatic heterocycles. The lowest BCUT2D eigenvalue weighted by Crippen LogP contribution is -2.37. The molecule has 0 aliphatic carbocycles. The van der Waals surface area contributed by atoms with Gasteiger partial charge in [0.15, 0.2) is 0 Å². The molecule has 0 aromatic carbocycles. The Bertz CT molecular complexity index is 436. The molecule has 0 atom stereocenters. The molecule has 0 spiro atoms. The minimum atomic E-state index is 1.10. The normalized spacial score (nSPS) is 11.4. The predicted octanol–water partition coefficient (Wildman–Crippen LogP) is 7.62. The molecule has 0 unspecified atom stereocenters. The summed E-state index contributed by atoms with van der Waals surface area (Å²) < 4.78 is 4.97. The van der Waals surface area contributed by atoms with Crippen LogP contribution >= 0.6 is 0 Å². The van der Waals surface area contributed by atoms with Crippen LogP contribution in [0.15, 0.2) is 12.4 Å². The van der Waals surface area contributed by atoms with Gasteiger partial charge in [0.2, 0.25) is 0 Å². The molecule has 2 heteroatoms. The molecule has 0 amide bonds. The van der Waals surface area contributed by atoms with E-state index in [-0.39, 0.29) is 0 Å². The average molecular weight is 378 g/mol. The Morgan fingerprint density at radius 3 is 1.63 bits per heavy atom. The van der Waals surface area contributed by atoms with E-state index in [1.165, 1.54) is 116 Å². The van der Waals surface area contributed by atoms with Gasteiger partial charge in [0.05, 0.1) is 13.1 Å². The minimum absolute atomic E-state index is 1.10. The lowest BCUT2D eigenvalue weighted by atomic mass is 10.0. The summed E-state index contributed by atoms with van der Waals surface area (Å²) in [6.45, 7) is 9.17. The number of hydrogen-bond donors (Lipinski definition) is 0. The zero-order valence-electron chi connectivity index (χ0n) is 19.0. The van der Waals surface area contributed by atoms with E-state index in [2.05, 4.69) is 42.3 Å². The van der Waals surface area contributed by atoms with E-state index >= 15 is 0 Å². The third-order valence-electron chi connectivity index (χ3n) is 5.94. The van der Waals surface area contributed by atoms with Gasteiger partial charge in [-0.15, -0.1) is 0 Å². The van der Waals surface area contributed by atoms with E-state index in [1.54, 1.807) is 5.82 Å². The Morgan fingerprint density at radius 2 is 1.11 bits per heavy atom. The minimum Gasteiger partial charge on any atom is -0.235 e. The molecule has 1 heterocycles. The molecular formula is C25H49N2+. The molecule has 0 bridgehead atoms. The Hall–Kier alpha value is -0.790. The van der Waals surface area contributed by atoms with Crippen molar-refractivity contribution < 1.29 is 4.57 Å². The van der Waals surface area contributed by atoms with E-state index in [4.69, 9.17) is 0 Å². The SMILES string of the molecule is CCCCCCCCCCCCCCC[n+]1ccn(CC)c1CCCCC. The van der Waals surface area contributed by atoms with Crippen LogP contribution in [0.1, 0.15) is 129 Å². The largest absolute Gasteiger partial charge is 0.256 e. The highest BCUT2D eigenvalue weighted by molar-refractivity contribution is 4.83. The van der Waals surface area contributed by atoms with Gasteiger partial charge in [-0.3, -0.25) is 0 Å². The van der Waals surface area contributed by atoms with Crippen LogP contribution in [0.2, 0.25) is 0 Å². The second-order valence-electron chi connectivity index (χ2n) is 8.39. The van der Waals surface area contributed by atoms with E-state index < -0.39 is 0 Å². The Balaban J connectivity index is 2.02. The molecule has 0 saturated heterocycles. The molecule has 1 aromatic rings. The zero-order chi connectivity index (χ0) is 19.6. The molecular weight excluding hydrogens is 328 g/mol. The van der Waals surface area contributed by atoms with Gasteiger partial charge < -0.3 is 0 Å². The lowest BCUT2D eigenvalue weighted by Gasteiger charge is -2.05. The van der Waals surface area contributed by atoms with Crippen LogP contribution in [0.3, 0.4) is 0 Å². The van der Waals surface area contributed by atoms with Gasteiger partial charge in [-0.25, -0.2) is 9.13 Å². The van der Waals surface area contributed by atoms with Crippen molar-refractivity contribution in [3.8, 4) is 0 Å². The van der Waals surface area contributed by atoms with Crippen LogP contribution in [0.25, 0.3) is 0 Å². The summed E-state index contributed by atoms with van der Waals surface area (Å²) >= 11 is 0. The van der Waals surface area contributed by atoms with E-state index in [1.807, 2.05) is 0 Å². The number of aryl methyl sites for hydroxylation is 2. The second-order valence-corrected chi connectivity index (χ2v) is 8.39. The molecule has 0 radical (unpaired) electrons. The first kappa shape index (κ1) is 24.2. The number of imidazole rings is 1. The van der Waals surface area contributed by atoms with Gasteiger partial charge >= 0.3 is 0 Å². The van der Waals surface area contributed by atoms with Crippen molar-refractivity contribution in [1.29, 1.82) is 0 Å². The van der Waals surface area contributed by atoms with Crippen LogP contribution < -0.4 is 4.57 Å². The van der Waals surface area contributed by atoms with Gasteiger partial charge in [0.1, 0.15) is 12.4 Å². The van der Waals surface area contributed by atoms with Gasteiger partial charge in [-0.1, -0.05) is 97.3 Å². The zero-order valence-corrected chi connectivity index (χ0v) is 19.0. The Kier molecular flexibility index (Phi) is 15.6. The second kappa shape index (κ2) is 17.3. The van der Waals surface area contributed by atoms with Gasteiger partial charge in [0.25, 0.3) is 5.82 Å². The number of unbranched alkanes of at least 4 members (excludes halogenated alkanes) is 14. The van der Waals surface area contributed by atoms with Gasteiger partial charge in [-0.05, 0) is 26.2 Å². The number of hydrogen-bond acceptors (Lipinski definition) is 0. The molecule has 0 aliphatic heterocycles. The van der Waals surface area contributed by atoms with Crippen LogP contribution in [0.4, 0.5) is 0 Å². The first-order valence-electron chi connectivity index (χ1n) is 12.4. The standard InChI is InChI=1S/C25H49N2/c1-4-7-9-10-11-12-13-14-15-16-17-18-20-22-27-24-23-26(6-3)25(27)21-19-8-5-2/h23-24H,4-22H2,1-3H3/q+1. The number of rotatable bonds is 19. The van der Waals surface area contributed by atoms with Crippen molar-refractivity contribution >= 4 is 0 Å². The maximum atomic E-state index is 2.53. The molecule has 0 aliphatic rings. The monoisotopic (exact) mass is 377 g/mol. The van der Waals surface area contributed by atoms with Gasteiger partial charge in [-0.2, -0.15) is 0 Å². The highest BCUT2D eigenvalue weighted by Gasteiger charge is 2.14. The third kappa shape index (κ3) is 11.6. The van der Waals surface area contributed by atoms with Crippen molar-refractivity contribution in [2.75, 3.05) is 0 Å². The Morgan fingerprint density at radius 1 is 0.630 bits per heavy atom. The van der Waals surface area contributed by atoms with E-state index in [9.17, 15) is 0 Å². The van der Waals surface area contributed by atoms with Crippen molar-refractivity contribution in [2.24, 2.45) is 0 Å². The van der Waals surface area contributed by atoms with Crippen molar-refractivity contribution in [3.05, 3.63) is 18.2 Å². The van der Waals surface area contributed by atoms with Crippen molar-refractivity contribution in [3.63, 3.8) is 0 Å². The summed E-state index contributed by atoms with van der Waals surface area (Å²) in [5, 5.41) is 0. The topological polar surface area (TPSA) is 8.81 Å². The fraction of sp³-hybridized carbons (Fsp3) is 0.880. The summed E-state index contributed by atoms with van der Waals surface area (Å²) in [6, 6.07) is 0. The summed E-state index contributed by atoms with van der Waals surface area (Å²) in [5.41, 5.74) is 0. The summed E-state index contributed by atoms with van der Waals surface area (Å²) in [4.78, 5) is 0. The third-order valence-corrected chi connectivity index (χ3v) is 5.94. The van der Waals surface area contributed by atoms with Crippen LogP contribution in [-0.2, 0) is 19.5 Å². The maximum Gasteiger partial charge on any atom is 0.256 e. The first-order chi connectivity index (χ1) is 13.3. The molecule has 0 saturated carbocycles. The molecule has 0 fully saturated rings. The predicted molar refractivity (Wildman–Crippen MR) is 119 cm³/mol. The summed E-state index contributed by atoms with van der Waals surface area (Å²) in [7, 11) is 0. The van der Waals surface area contributed by atoms with Crippen LogP contribution in [0, 0.1) is 0 Å².